The SMILES string of the molecule is COCC[C@@H](NC(=O)c1ccccc1)[C@@H](O)[C@H](O)[C@H](Cc1cc(F)cc(F)c1)NC(=O)c1csc(N(C)S(C)(=O)=O)n1.[HH].[HH]. The van der Waals surface area contributed by atoms with Crippen LogP contribution in [0.4, 0.5) is 13.9 Å². The van der Waals surface area contributed by atoms with E-state index in [1.807, 2.05) is 0 Å². The lowest BCUT2D eigenvalue weighted by Crippen LogP contribution is -2.57. The standard InChI is InChI=1S/C27H32F2N4O7S2.2H2/c1-33(42(3,38)39)27-32-22(15-41-27)26(37)31-21(13-16-11-18(28)14-19(29)12-16)24(35)23(34)20(9-10-40-2)30-25(36)17-7-5-4-6-8-17;;/h4-8,11-12,14-15,20-21,23-24,34-35H,9-10,13H2,1-3H3,(H,30,36)(H,31,37);2*1H/t20-,21+,23-,24-;;/m1../s1. The Balaban J connectivity index is 0.00000484. The summed E-state index contributed by atoms with van der Waals surface area (Å²) in [4.78, 5) is 30.0. The first-order chi connectivity index (χ1) is 19.8. The molecule has 0 aliphatic carbocycles. The molecule has 15 heteroatoms. The molecule has 2 amide bonds. The Morgan fingerprint density at radius 1 is 1.05 bits per heavy atom. The van der Waals surface area contributed by atoms with Crippen LogP contribution in [0.2, 0.25) is 0 Å². The molecule has 0 fully saturated rings. The Labute approximate surface area is 249 Å². The van der Waals surface area contributed by atoms with E-state index in [9.17, 15) is 37.0 Å². The molecule has 0 saturated heterocycles. The molecular weight excluding hydrogens is 594 g/mol. The van der Waals surface area contributed by atoms with Crippen molar-refractivity contribution in [3.05, 3.63) is 82.4 Å². The minimum absolute atomic E-state index is 0. The van der Waals surface area contributed by atoms with Crippen LogP contribution >= 0.6 is 11.3 Å². The highest BCUT2D eigenvalue weighted by Gasteiger charge is 2.35. The Morgan fingerprint density at radius 3 is 2.24 bits per heavy atom. The highest BCUT2D eigenvalue weighted by atomic mass is 32.2. The summed E-state index contributed by atoms with van der Waals surface area (Å²) in [5.41, 5.74) is 0.192. The van der Waals surface area contributed by atoms with Gasteiger partial charge in [0.05, 0.1) is 18.3 Å². The molecule has 4 N–H and O–H groups in total. The van der Waals surface area contributed by atoms with Crippen molar-refractivity contribution in [3.63, 3.8) is 0 Å². The summed E-state index contributed by atoms with van der Waals surface area (Å²) in [6.07, 6.45) is -2.69. The number of amides is 2. The molecule has 1 heterocycles. The predicted molar refractivity (Wildman–Crippen MR) is 157 cm³/mol. The Bertz CT molecular complexity index is 1470. The van der Waals surface area contributed by atoms with E-state index in [2.05, 4.69) is 15.6 Å². The number of rotatable bonds is 14. The van der Waals surface area contributed by atoms with E-state index in [-0.39, 0.29) is 38.7 Å². The van der Waals surface area contributed by atoms with E-state index >= 15 is 0 Å². The van der Waals surface area contributed by atoms with Crippen molar-refractivity contribution in [1.82, 2.24) is 15.6 Å². The van der Waals surface area contributed by atoms with Crippen LogP contribution < -0.4 is 14.9 Å². The second kappa shape index (κ2) is 14.6. The fraction of sp³-hybridized carbons (Fsp3) is 0.370. The van der Waals surface area contributed by atoms with Crippen molar-refractivity contribution in [1.29, 1.82) is 0 Å². The van der Waals surface area contributed by atoms with Gasteiger partial charge in [0.2, 0.25) is 10.0 Å². The number of aliphatic hydroxyl groups is 2. The fourth-order valence-corrected chi connectivity index (χ4v) is 5.56. The zero-order valence-electron chi connectivity index (χ0n) is 23.0. The van der Waals surface area contributed by atoms with Crippen molar-refractivity contribution in [2.75, 3.05) is 31.3 Å². The number of halogens is 2. The minimum Gasteiger partial charge on any atom is -0.388 e. The van der Waals surface area contributed by atoms with Gasteiger partial charge in [0.1, 0.15) is 29.5 Å². The molecule has 42 heavy (non-hydrogen) atoms. The maximum Gasteiger partial charge on any atom is 0.271 e. The molecule has 0 spiro atoms. The maximum absolute atomic E-state index is 13.9. The summed E-state index contributed by atoms with van der Waals surface area (Å²) < 4.78 is 57.6. The van der Waals surface area contributed by atoms with E-state index in [4.69, 9.17) is 4.74 Å². The lowest BCUT2D eigenvalue weighted by atomic mass is 9.92. The van der Waals surface area contributed by atoms with Crippen molar-refractivity contribution in [2.45, 2.75) is 37.1 Å². The van der Waals surface area contributed by atoms with Gasteiger partial charge in [0.25, 0.3) is 11.8 Å². The van der Waals surface area contributed by atoms with Crippen molar-refractivity contribution in [2.24, 2.45) is 0 Å². The number of methoxy groups -OCH3 is 1. The molecule has 3 aromatic rings. The van der Waals surface area contributed by atoms with Gasteiger partial charge in [0, 0.05) is 40.6 Å². The first-order valence-electron chi connectivity index (χ1n) is 12.7. The summed E-state index contributed by atoms with van der Waals surface area (Å²) in [5.74, 6) is -3.13. The lowest BCUT2D eigenvalue weighted by molar-refractivity contribution is -0.0269. The number of hydrogen-bond acceptors (Lipinski definition) is 9. The maximum atomic E-state index is 13.9. The number of aromatic nitrogens is 1. The number of anilines is 1. The molecule has 11 nitrogen and oxygen atoms in total. The first-order valence-corrected chi connectivity index (χ1v) is 15.4. The van der Waals surface area contributed by atoms with Gasteiger partial charge in [-0.15, -0.1) is 11.3 Å². The van der Waals surface area contributed by atoms with Gasteiger partial charge >= 0.3 is 0 Å². The Hall–Kier alpha value is -3.50. The normalized spacial score (nSPS) is 14.5. The molecule has 0 unspecified atom stereocenters. The molecule has 4 atom stereocenters. The average molecular weight is 631 g/mol. The zero-order chi connectivity index (χ0) is 31.0. The summed E-state index contributed by atoms with van der Waals surface area (Å²) in [6, 6.07) is 8.49. The van der Waals surface area contributed by atoms with Gasteiger partial charge in [-0.2, -0.15) is 0 Å². The number of thiazole rings is 1. The number of nitrogens with one attached hydrogen (secondary N) is 2. The van der Waals surface area contributed by atoms with E-state index in [1.54, 1.807) is 30.3 Å². The number of ether oxygens (including phenoxy) is 1. The van der Waals surface area contributed by atoms with E-state index in [1.165, 1.54) is 19.5 Å². The van der Waals surface area contributed by atoms with Gasteiger partial charge in [0.15, 0.2) is 5.13 Å². The van der Waals surface area contributed by atoms with Crippen LogP contribution in [0.5, 0.6) is 0 Å². The number of benzene rings is 2. The molecular formula is C27H36F2N4O7S2. The predicted octanol–water partition coefficient (Wildman–Crippen LogP) is 2.21. The molecule has 0 aliphatic rings. The quantitative estimate of drug-likeness (QED) is 0.211. The van der Waals surface area contributed by atoms with E-state index in [0.29, 0.717) is 11.6 Å². The first kappa shape index (κ1) is 33.0. The molecule has 1 aromatic heterocycles. The van der Waals surface area contributed by atoms with Crippen LogP contribution in [0.1, 0.15) is 35.7 Å². The summed E-state index contributed by atoms with van der Waals surface area (Å²) in [7, 11) is -0.966. The molecule has 0 saturated carbocycles. The van der Waals surface area contributed by atoms with Gasteiger partial charge in [-0.05, 0) is 42.7 Å². The summed E-state index contributed by atoms with van der Waals surface area (Å²) in [6.45, 7) is 0.102. The van der Waals surface area contributed by atoms with Gasteiger partial charge in [-0.25, -0.2) is 26.5 Å². The highest BCUT2D eigenvalue weighted by molar-refractivity contribution is 7.92. The van der Waals surface area contributed by atoms with Gasteiger partial charge in [-0.3, -0.25) is 9.59 Å². The average Bonchev–Trinajstić information content (AvgIpc) is 3.43. The molecule has 3 rings (SSSR count). The van der Waals surface area contributed by atoms with Crippen LogP contribution in [0.15, 0.2) is 53.9 Å². The number of hydrogen-bond donors (Lipinski definition) is 4. The topological polar surface area (TPSA) is 158 Å². The minimum atomic E-state index is -3.65. The number of sulfonamides is 1. The number of aliphatic hydroxyl groups excluding tert-OH is 2. The van der Waals surface area contributed by atoms with Gasteiger partial charge in [-0.1, -0.05) is 18.2 Å². The van der Waals surface area contributed by atoms with Crippen LogP contribution in [0, 0.1) is 11.6 Å². The third kappa shape index (κ3) is 9.00. The molecule has 0 radical (unpaired) electrons. The van der Waals surface area contributed by atoms with E-state index < -0.39 is 57.8 Å². The van der Waals surface area contributed by atoms with Crippen LogP contribution in [-0.4, -0.2) is 86.7 Å². The third-order valence-electron chi connectivity index (χ3n) is 6.35. The largest absolute Gasteiger partial charge is 0.388 e. The number of nitrogens with zero attached hydrogens (tertiary/aromatic N) is 2. The van der Waals surface area contributed by atoms with Gasteiger partial charge < -0.3 is 25.6 Å². The van der Waals surface area contributed by atoms with Crippen molar-refractivity contribution >= 4 is 38.3 Å². The van der Waals surface area contributed by atoms with Crippen molar-refractivity contribution in [3.8, 4) is 0 Å². The lowest BCUT2D eigenvalue weighted by Gasteiger charge is -2.33. The summed E-state index contributed by atoms with van der Waals surface area (Å²) >= 11 is 0.884. The fourth-order valence-electron chi connectivity index (χ4n) is 4.03. The monoisotopic (exact) mass is 630 g/mol. The smallest absolute Gasteiger partial charge is 0.271 e. The molecule has 2 aromatic carbocycles. The second-order valence-corrected chi connectivity index (χ2v) is 12.4. The van der Waals surface area contributed by atoms with Crippen LogP contribution in [-0.2, 0) is 21.2 Å². The highest BCUT2D eigenvalue weighted by Crippen LogP contribution is 2.22. The summed E-state index contributed by atoms with van der Waals surface area (Å²) in [5, 5.41) is 29.0. The number of carbonyl (C=O) groups excluding carboxylic acids is 2. The second-order valence-electron chi connectivity index (χ2n) is 9.52. The number of carbonyl (C=O) groups is 2. The van der Waals surface area contributed by atoms with Crippen LogP contribution in [0.3, 0.4) is 0 Å². The Morgan fingerprint density at radius 2 is 1.64 bits per heavy atom. The van der Waals surface area contributed by atoms with E-state index in [0.717, 1.165) is 34.0 Å². The molecule has 0 bridgehead atoms. The molecule has 232 valence electrons. The molecule has 0 aliphatic heterocycles. The third-order valence-corrected chi connectivity index (χ3v) is 8.55. The zero-order valence-corrected chi connectivity index (χ0v) is 24.7. The Kier molecular flexibility index (Phi) is 11.5. The van der Waals surface area contributed by atoms with Crippen LogP contribution in [0.25, 0.3) is 0 Å². The van der Waals surface area contributed by atoms with Crippen molar-refractivity contribution < 1.29 is 44.6 Å².